The molecule has 0 atom stereocenters. The lowest BCUT2D eigenvalue weighted by Gasteiger charge is -2.05. The number of methoxy groups -OCH3 is 2. The number of benzene rings is 2. The number of phenols is 1. The topological polar surface area (TPSA) is 55.8 Å². The number of phenolic OH excluding ortho intramolecular Hbond substituents is 1. The van der Waals surface area contributed by atoms with Gasteiger partial charge in [0.1, 0.15) is 5.75 Å². The highest BCUT2D eigenvalue weighted by molar-refractivity contribution is 6.08. The van der Waals surface area contributed by atoms with E-state index in [4.69, 9.17) is 9.47 Å². The second kappa shape index (κ2) is 6.61. The number of para-hydroxylation sites is 1. The Morgan fingerprint density at radius 1 is 1.05 bits per heavy atom. The van der Waals surface area contributed by atoms with Crippen LogP contribution in [0.2, 0.25) is 0 Å². The van der Waals surface area contributed by atoms with Gasteiger partial charge in [0.05, 0.1) is 19.8 Å². The van der Waals surface area contributed by atoms with Crippen molar-refractivity contribution in [3.8, 4) is 17.2 Å². The van der Waals surface area contributed by atoms with Gasteiger partial charge in [-0.15, -0.1) is 0 Å². The van der Waals surface area contributed by atoms with Crippen LogP contribution < -0.4 is 9.47 Å². The summed E-state index contributed by atoms with van der Waals surface area (Å²) in [6.45, 7) is 0. The summed E-state index contributed by atoms with van der Waals surface area (Å²) < 4.78 is 10.2. The fourth-order valence-corrected chi connectivity index (χ4v) is 1.91. The van der Waals surface area contributed by atoms with E-state index < -0.39 is 0 Å². The Kier molecular flexibility index (Phi) is 4.61. The molecule has 0 bridgehead atoms. The molecule has 21 heavy (non-hydrogen) atoms. The maximum atomic E-state index is 12.2. The minimum absolute atomic E-state index is 0.0608. The molecule has 0 saturated carbocycles. The average molecular weight is 284 g/mol. The molecule has 0 aliphatic rings. The molecule has 0 unspecified atom stereocenters. The SMILES string of the molecule is COc1cc(/C=C/C(=O)c2ccccc2OC)ccc1O. The van der Waals surface area contributed by atoms with E-state index in [0.717, 1.165) is 5.56 Å². The molecular weight excluding hydrogens is 268 g/mol. The zero-order valence-electron chi connectivity index (χ0n) is 11.9. The minimum Gasteiger partial charge on any atom is -0.504 e. The van der Waals surface area contributed by atoms with Crippen LogP contribution in [0, 0.1) is 0 Å². The molecule has 4 heteroatoms. The molecule has 0 saturated heterocycles. The predicted octanol–water partition coefficient (Wildman–Crippen LogP) is 3.31. The number of carbonyl (C=O) groups is 1. The number of carbonyl (C=O) groups excluding carboxylic acids is 1. The second-order valence-electron chi connectivity index (χ2n) is 4.33. The summed E-state index contributed by atoms with van der Waals surface area (Å²) in [6, 6.07) is 11.9. The van der Waals surface area contributed by atoms with Crippen molar-refractivity contribution in [1.29, 1.82) is 0 Å². The molecule has 0 amide bonds. The second-order valence-corrected chi connectivity index (χ2v) is 4.33. The van der Waals surface area contributed by atoms with Crippen LogP contribution >= 0.6 is 0 Å². The van der Waals surface area contributed by atoms with Gasteiger partial charge in [-0.2, -0.15) is 0 Å². The first-order chi connectivity index (χ1) is 10.2. The smallest absolute Gasteiger partial charge is 0.189 e. The van der Waals surface area contributed by atoms with Crippen LogP contribution in [0.4, 0.5) is 0 Å². The van der Waals surface area contributed by atoms with Crippen LogP contribution in [0.3, 0.4) is 0 Å². The number of hydrogen-bond donors (Lipinski definition) is 1. The van der Waals surface area contributed by atoms with Crippen molar-refractivity contribution in [2.75, 3.05) is 14.2 Å². The van der Waals surface area contributed by atoms with Gasteiger partial charge in [0.25, 0.3) is 0 Å². The van der Waals surface area contributed by atoms with Gasteiger partial charge in [-0.1, -0.05) is 24.3 Å². The molecule has 0 heterocycles. The Morgan fingerprint density at radius 2 is 1.76 bits per heavy atom. The summed E-state index contributed by atoms with van der Waals surface area (Å²) in [4.78, 5) is 12.2. The molecule has 0 spiro atoms. The monoisotopic (exact) mass is 284 g/mol. The van der Waals surface area contributed by atoms with Gasteiger partial charge in [0.2, 0.25) is 0 Å². The average Bonchev–Trinajstić information content (AvgIpc) is 2.53. The lowest BCUT2D eigenvalue weighted by atomic mass is 10.1. The third-order valence-electron chi connectivity index (χ3n) is 3.00. The first-order valence-corrected chi connectivity index (χ1v) is 6.38. The van der Waals surface area contributed by atoms with Gasteiger partial charge < -0.3 is 14.6 Å². The number of ketones is 1. The Hall–Kier alpha value is -2.75. The van der Waals surface area contributed by atoms with Crippen molar-refractivity contribution in [2.45, 2.75) is 0 Å². The molecule has 108 valence electrons. The standard InChI is InChI=1S/C17H16O4/c1-20-16-6-4-3-5-13(16)14(18)9-7-12-8-10-15(19)17(11-12)21-2/h3-11,19H,1-2H3/b9-7+. The highest BCUT2D eigenvalue weighted by Crippen LogP contribution is 2.27. The highest BCUT2D eigenvalue weighted by atomic mass is 16.5. The number of aromatic hydroxyl groups is 1. The van der Waals surface area contributed by atoms with Gasteiger partial charge in [-0.05, 0) is 35.9 Å². The fourth-order valence-electron chi connectivity index (χ4n) is 1.91. The van der Waals surface area contributed by atoms with Crippen molar-refractivity contribution in [1.82, 2.24) is 0 Å². The quantitative estimate of drug-likeness (QED) is 0.676. The summed E-state index contributed by atoms with van der Waals surface area (Å²) in [5.74, 6) is 0.808. The molecule has 2 aromatic carbocycles. The van der Waals surface area contributed by atoms with Gasteiger partial charge in [0, 0.05) is 0 Å². The predicted molar refractivity (Wildman–Crippen MR) is 81.0 cm³/mol. The fraction of sp³-hybridized carbons (Fsp3) is 0.118. The van der Waals surface area contributed by atoms with Crippen molar-refractivity contribution in [3.05, 3.63) is 59.7 Å². The van der Waals surface area contributed by atoms with Crippen molar-refractivity contribution in [2.24, 2.45) is 0 Å². The van der Waals surface area contributed by atoms with E-state index in [1.54, 1.807) is 36.4 Å². The molecule has 0 radical (unpaired) electrons. The molecule has 4 nitrogen and oxygen atoms in total. The minimum atomic E-state index is -0.153. The third kappa shape index (κ3) is 3.42. The van der Waals surface area contributed by atoms with Crippen LogP contribution in [0.5, 0.6) is 17.2 Å². The van der Waals surface area contributed by atoms with Gasteiger partial charge in [-0.25, -0.2) is 0 Å². The van der Waals surface area contributed by atoms with E-state index in [-0.39, 0.29) is 11.5 Å². The van der Waals surface area contributed by atoms with Crippen LogP contribution in [0.1, 0.15) is 15.9 Å². The number of hydrogen-bond acceptors (Lipinski definition) is 4. The Bertz CT molecular complexity index is 674. The van der Waals surface area contributed by atoms with Gasteiger partial charge in [-0.3, -0.25) is 4.79 Å². The Balaban J connectivity index is 2.23. The summed E-state index contributed by atoms with van der Waals surface area (Å²) in [7, 11) is 3.00. The summed E-state index contributed by atoms with van der Waals surface area (Å²) in [6.07, 6.45) is 3.13. The molecule has 0 aliphatic heterocycles. The Labute approximate surface area is 123 Å². The summed E-state index contributed by atoms with van der Waals surface area (Å²) >= 11 is 0. The Morgan fingerprint density at radius 3 is 2.48 bits per heavy atom. The molecule has 2 aromatic rings. The van der Waals surface area contributed by atoms with E-state index in [1.165, 1.54) is 26.4 Å². The third-order valence-corrected chi connectivity index (χ3v) is 3.00. The van der Waals surface area contributed by atoms with E-state index in [1.807, 2.05) is 6.07 Å². The maximum absolute atomic E-state index is 12.2. The molecular formula is C17H16O4. The van der Waals surface area contributed by atoms with Crippen LogP contribution in [-0.4, -0.2) is 25.1 Å². The van der Waals surface area contributed by atoms with Crippen molar-refractivity contribution in [3.63, 3.8) is 0 Å². The van der Waals surface area contributed by atoms with Crippen LogP contribution in [0.15, 0.2) is 48.5 Å². The summed E-state index contributed by atoms with van der Waals surface area (Å²) in [5, 5.41) is 9.53. The molecule has 2 rings (SSSR count). The normalized spacial score (nSPS) is 10.6. The number of rotatable bonds is 5. The van der Waals surface area contributed by atoms with E-state index in [0.29, 0.717) is 17.1 Å². The molecule has 0 aromatic heterocycles. The lowest BCUT2D eigenvalue weighted by molar-refractivity contribution is 0.104. The molecule has 0 aliphatic carbocycles. The van der Waals surface area contributed by atoms with E-state index >= 15 is 0 Å². The zero-order chi connectivity index (χ0) is 15.2. The molecule has 0 fully saturated rings. The van der Waals surface area contributed by atoms with Gasteiger partial charge >= 0.3 is 0 Å². The lowest BCUT2D eigenvalue weighted by Crippen LogP contribution is -1.98. The van der Waals surface area contributed by atoms with E-state index in [2.05, 4.69) is 0 Å². The van der Waals surface area contributed by atoms with Crippen LogP contribution in [-0.2, 0) is 0 Å². The maximum Gasteiger partial charge on any atom is 0.189 e. The zero-order valence-corrected chi connectivity index (χ0v) is 11.9. The largest absolute Gasteiger partial charge is 0.504 e. The molecule has 1 N–H and O–H groups in total. The first-order valence-electron chi connectivity index (χ1n) is 6.38. The van der Waals surface area contributed by atoms with Crippen molar-refractivity contribution >= 4 is 11.9 Å². The summed E-state index contributed by atoms with van der Waals surface area (Å²) in [5.41, 5.74) is 1.26. The van der Waals surface area contributed by atoms with Crippen LogP contribution in [0.25, 0.3) is 6.08 Å². The first kappa shape index (κ1) is 14.7. The van der Waals surface area contributed by atoms with Crippen molar-refractivity contribution < 1.29 is 19.4 Å². The number of allylic oxidation sites excluding steroid dienone is 1. The van der Waals surface area contributed by atoms with Gasteiger partial charge in [0.15, 0.2) is 17.3 Å². The number of ether oxygens (including phenoxy) is 2. The van der Waals surface area contributed by atoms with E-state index in [9.17, 15) is 9.90 Å². The highest BCUT2D eigenvalue weighted by Gasteiger charge is 2.08.